The highest BCUT2D eigenvalue weighted by molar-refractivity contribution is 7.93. The lowest BCUT2D eigenvalue weighted by molar-refractivity contribution is -0.120. The molecule has 1 atom stereocenters. The number of aliphatic hydroxyl groups is 1. The van der Waals surface area contributed by atoms with Gasteiger partial charge in [0, 0.05) is 11.4 Å². The third-order valence-corrected chi connectivity index (χ3v) is 5.45. The van der Waals surface area contributed by atoms with E-state index in [4.69, 9.17) is 5.11 Å². The summed E-state index contributed by atoms with van der Waals surface area (Å²) >= 11 is 0. The zero-order valence-corrected chi connectivity index (χ0v) is 12.8. The second kappa shape index (κ2) is 5.26. The molecule has 1 heterocycles. The van der Waals surface area contributed by atoms with Crippen molar-refractivity contribution in [2.45, 2.75) is 17.9 Å². The molecule has 0 saturated carbocycles. The normalized spacial score (nSPS) is 16.7. The first-order chi connectivity index (χ1) is 10.4. The molecule has 0 bridgehead atoms. The fraction of sp³-hybridized carbons (Fsp3) is 0.267. The highest BCUT2D eigenvalue weighted by atomic mass is 32.2. The molecule has 0 aliphatic carbocycles. The lowest BCUT2D eigenvalue weighted by atomic mass is 10.1. The summed E-state index contributed by atoms with van der Waals surface area (Å²) < 4.78 is 26.4. The van der Waals surface area contributed by atoms with Gasteiger partial charge in [-0.25, -0.2) is 8.42 Å². The first-order valence-corrected chi connectivity index (χ1v) is 8.34. The summed E-state index contributed by atoms with van der Waals surface area (Å²) in [4.78, 5) is 12.2. The SMILES string of the molecule is CC(CO)NC(=O)CN1c2cccc3cccc(c23)S1(=O)=O. The number of anilines is 1. The molecule has 2 aromatic carbocycles. The molecular formula is C15H16N2O4S. The second-order valence-corrected chi connectivity index (χ2v) is 7.12. The maximum absolute atomic E-state index is 12.7. The average Bonchev–Trinajstić information content (AvgIpc) is 2.71. The number of amides is 1. The maximum atomic E-state index is 12.7. The lowest BCUT2D eigenvalue weighted by Crippen LogP contribution is -2.43. The summed E-state index contributed by atoms with van der Waals surface area (Å²) in [5.41, 5.74) is 0.514. The molecule has 1 aliphatic heterocycles. The van der Waals surface area contributed by atoms with Gasteiger partial charge in [0.1, 0.15) is 6.54 Å². The summed E-state index contributed by atoms with van der Waals surface area (Å²) in [5, 5.41) is 13.0. The Bertz CT molecular complexity index is 842. The van der Waals surface area contributed by atoms with E-state index in [0.717, 1.165) is 9.69 Å². The minimum absolute atomic E-state index is 0.200. The Kier molecular flexibility index (Phi) is 3.54. The number of sulfonamides is 1. The van der Waals surface area contributed by atoms with E-state index in [1.165, 1.54) is 0 Å². The number of rotatable bonds is 4. The highest BCUT2D eigenvalue weighted by Gasteiger charge is 2.36. The van der Waals surface area contributed by atoms with E-state index in [9.17, 15) is 13.2 Å². The van der Waals surface area contributed by atoms with Gasteiger partial charge in [-0.1, -0.05) is 24.3 Å². The Balaban J connectivity index is 2.01. The number of hydrogen-bond donors (Lipinski definition) is 2. The smallest absolute Gasteiger partial charge is 0.265 e. The van der Waals surface area contributed by atoms with Gasteiger partial charge in [-0.05, 0) is 24.4 Å². The zero-order valence-electron chi connectivity index (χ0n) is 12.0. The Labute approximate surface area is 128 Å². The van der Waals surface area contributed by atoms with Gasteiger partial charge in [0.15, 0.2) is 0 Å². The Morgan fingerprint density at radius 2 is 1.95 bits per heavy atom. The van der Waals surface area contributed by atoms with Gasteiger partial charge >= 0.3 is 0 Å². The molecule has 1 amide bonds. The van der Waals surface area contributed by atoms with Crippen LogP contribution in [0.2, 0.25) is 0 Å². The summed E-state index contributed by atoms with van der Waals surface area (Å²) in [6.07, 6.45) is 0. The van der Waals surface area contributed by atoms with Crippen LogP contribution in [0.5, 0.6) is 0 Å². The minimum Gasteiger partial charge on any atom is -0.394 e. The molecule has 3 rings (SSSR count). The number of carbonyl (C=O) groups excluding carboxylic acids is 1. The van der Waals surface area contributed by atoms with Crippen LogP contribution in [0, 0.1) is 0 Å². The quantitative estimate of drug-likeness (QED) is 0.874. The summed E-state index contributed by atoms with van der Waals surface area (Å²) in [7, 11) is -3.73. The van der Waals surface area contributed by atoms with E-state index in [1.54, 1.807) is 31.2 Å². The maximum Gasteiger partial charge on any atom is 0.265 e. The van der Waals surface area contributed by atoms with E-state index in [2.05, 4.69) is 5.32 Å². The third kappa shape index (κ3) is 2.22. The number of nitrogens with one attached hydrogen (secondary N) is 1. The monoisotopic (exact) mass is 320 g/mol. The predicted octanol–water partition coefficient (Wildman–Crippen LogP) is 0.845. The summed E-state index contributed by atoms with van der Waals surface area (Å²) in [5.74, 6) is -0.449. The number of hydrogen-bond acceptors (Lipinski definition) is 4. The molecule has 0 saturated heterocycles. The van der Waals surface area contributed by atoms with E-state index in [0.29, 0.717) is 11.1 Å². The zero-order chi connectivity index (χ0) is 15.9. The Morgan fingerprint density at radius 3 is 2.64 bits per heavy atom. The van der Waals surface area contributed by atoms with Crippen LogP contribution in [0.15, 0.2) is 41.3 Å². The van der Waals surface area contributed by atoms with Crippen molar-refractivity contribution >= 4 is 32.4 Å². The van der Waals surface area contributed by atoms with Crippen molar-refractivity contribution in [3.05, 3.63) is 36.4 Å². The molecule has 7 heteroatoms. The van der Waals surface area contributed by atoms with Crippen LogP contribution in [0.25, 0.3) is 10.8 Å². The molecule has 116 valence electrons. The fourth-order valence-electron chi connectivity index (χ4n) is 2.63. The number of carbonyl (C=O) groups is 1. The molecule has 0 fully saturated rings. The molecule has 2 aromatic rings. The highest BCUT2D eigenvalue weighted by Crippen LogP contribution is 2.41. The summed E-state index contributed by atoms with van der Waals surface area (Å²) in [6.45, 7) is 1.14. The molecule has 0 aromatic heterocycles. The van der Waals surface area contributed by atoms with Crippen LogP contribution < -0.4 is 9.62 Å². The van der Waals surface area contributed by atoms with E-state index in [-0.39, 0.29) is 18.0 Å². The molecule has 1 unspecified atom stereocenters. The molecule has 22 heavy (non-hydrogen) atoms. The molecule has 0 spiro atoms. The van der Waals surface area contributed by atoms with Gasteiger partial charge in [-0.3, -0.25) is 9.10 Å². The number of aliphatic hydroxyl groups excluding tert-OH is 1. The van der Waals surface area contributed by atoms with Crippen molar-refractivity contribution in [3.8, 4) is 0 Å². The fourth-order valence-corrected chi connectivity index (χ4v) is 4.29. The van der Waals surface area contributed by atoms with Crippen LogP contribution in [-0.2, 0) is 14.8 Å². The van der Waals surface area contributed by atoms with E-state index < -0.39 is 22.0 Å². The van der Waals surface area contributed by atoms with Crippen LogP contribution >= 0.6 is 0 Å². The van der Waals surface area contributed by atoms with Gasteiger partial charge in [0.2, 0.25) is 5.91 Å². The average molecular weight is 320 g/mol. The van der Waals surface area contributed by atoms with Gasteiger partial charge in [0.05, 0.1) is 17.2 Å². The van der Waals surface area contributed by atoms with Crippen molar-refractivity contribution in [1.82, 2.24) is 5.32 Å². The molecule has 1 aliphatic rings. The lowest BCUT2D eigenvalue weighted by Gasteiger charge is -2.19. The minimum atomic E-state index is -3.73. The Hall–Kier alpha value is -2.12. The first kappa shape index (κ1) is 14.8. The molecule has 0 radical (unpaired) electrons. The van der Waals surface area contributed by atoms with Crippen molar-refractivity contribution < 1.29 is 18.3 Å². The van der Waals surface area contributed by atoms with Crippen molar-refractivity contribution in [1.29, 1.82) is 0 Å². The van der Waals surface area contributed by atoms with Crippen LogP contribution in [-0.4, -0.2) is 38.6 Å². The predicted molar refractivity (Wildman–Crippen MR) is 83.2 cm³/mol. The van der Waals surface area contributed by atoms with Gasteiger partial charge in [-0.15, -0.1) is 0 Å². The van der Waals surface area contributed by atoms with Crippen LogP contribution in [0.1, 0.15) is 6.92 Å². The van der Waals surface area contributed by atoms with Crippen molar-refractivity contribution in [2.75, 3.05) is 17.5 Å². The Morgan fingerprint density at radius 1 is 1.27 bits per heavy atom. The summed E-state index contributed by atoms with van der Waals surface area (Å²) in [6, 6.07) is 9.97. The van der Waals surface area contributed by atoms with Crippen LogP contribution in [0.3, 0.4) is 0 Å². The number of nitrogens with zero attached hydrogens (tertiary/aromatic N) is 1. The molecule has 6 nitrogen and oxygen atoms in total. The van der Waals surface area contributed by atoms with Crippen molar-refractivity contribution in [3.63, 3.8) is 0 Å². The largest absolute Gasteiger partial charge is 0.394 e. The van der Waals surface area contributed by atoms with Gasteiger partial charge in [0.25, 0.3) is 10.0 Å². The van der Waals surface area contributed by atoms with E-state index >= 15 is 0 Å². The van der Waals surface area contributed by atoms with Crippen molar-refractivity contribution in [2.24, 2.45) is 0 Å². The molecule has 2 N–H and O–H groups in total. The standard InChI is InChI=1S/C15H16N2O4S/c1-10(9-18)16-14(19)8-17-12-6-2-4-11-5-3-7-13(15(11)12)22(17,20)21/h2-7,10,18H,8-9H2,1H3,(H,16,19). The topological polar surface area (TPSA) is 86.7 Å². The second-order valence-electron chi connectivity index (χ2n) is 5.29. The first-order valence-electron chi connectivity index (χ1n) is 6.90. The van der Waals surface area contributed by atoms with Gasteiger partial charge < -0.3 is 10.4 Å². The van der Waals surface area contributed by atoms with E-state index in [1.807, 2.05) is 12.1 Å². The molecular weight excluding hydrogens is 304 g/mol. The number of benzene rings is 2. The van der Waals surface area contributed by atoms with Gasteiger partial charge in [-0.2, -0.15) is 0 Å². The third-order valence-electron chi connectivity index (χ3n) is 3.65. The van der Waals surface area contributed by atoms with Crippen LogP contribution in [0.4, 0.5) is 5.69 Å².